The van der Waals surface area contributed by atoms with Crippen LogP contribution in [-0.2, 0) is 6.42 Å². The minimum absolute atomic E-state index is 0.583. The zero-order chi connectivity index (χ0) is 15.8. The average Bonchev–Trinajstić information content (AvgIpc) is 2.52. The van der Waals surface area contributed by atoms with E-state index in [9.17, 15) is 0 Å². The molecule has 2 rings (SSSR count). The van der Waals surface area contributed by atoms with Gasteiger partial charge in [0.1, 0.15) is 0 Å². The number of thiocarbonyl (C=S) groups is 1. The van der Waals surface area contributed by atoms with E-state index in [-0.39, 0.29) is 0 Å². The first-order valence-electron chi connectivity index (χ1n) is 7.83. The number of hydrogen-bond acceptors (Lipinski definition) is 1. The maximum atomic E-state index is 5.39. The number of benzene rings is 2. The van der Waals surface area contributed by atoms with Crippen molar-refractivity contribution in [3.05, 3.63) is 65.7 Å². The van der Waals surface area contributed by atoms with E-state index in [1.54, 1.807) is 0 Å². The molecule has 0 aliphatic heterocycles. The summed E-state index contributed by atoms with van der Waals surface area (Å²) in [5.74, 6) is 0.583. The molecule has 0 aliphatic carbocycles. The molecule has 116 valence electrons. The van der Waals surface area contributed by atoms with Crippen molar-refractivity contribution in [2.24, 2.45) is 5.92 Å². The van der Waals surface area contributed by atoms with E-state index in [0.717, 1.165) is 25.1 Å². The van der Waals surface area contributed by atoms with Gasteiger partial charge < -0.3 is 10.6 Å². The van der Waals surface area contributed by atoms with Gasteiger partial charge in [0, 0.05) is 12.2 Å². The van der Waals surface area contributed by atoms with Gasteiger partial charge in [0.05, 0.1) is 0 Å². The normalized spacial score (nSPS) is 11.7. The lowest BCUT2D eigenvalue weighted by Crippen LogP contribution is -2.33. The van der Waals surface area contributed by atoms with Crippen LogP contribution in [0.5, 0.6) is 0 Å². The van der Waals surface area contributed by atoms with Crippen molar-refractivity contribution in [2.45, 2.75) is 26.7 Å². The van der Waals surface area contributed by atoms with Crippen LogP contribution in [0.3, 0.4) is 0 Å². The molecule has 0 spiro atoms. The second-order valence-electron chi connectivity index (χ2n) is 5.67. The molecule has 2 nitrogen and oxygen atoms in total. The fourth-order valence-electron chi connectivity index (χ4n) is 2.44. The molecule has 1 unspecified atom stereocenters. The van der Waals surface area contributed by atoms with Gasteiger partial charge >= 0.3 is 0 Å². The molecule has 2 aromatic carbocycles. The van der Waals surface area contributed by atoms with Gasteiger partial charge in [-0.2, -0.15) is 0 Å². The van der Waals surface area contributed by atoms with Gasteiger partial charge in [-0.1, -0.05) is 55.8 Å². The average molecular weight is 312 g/mol. The van der Waals surface area contributed by atoms with E-state index in [1.807, 2.05) is 12.1 Å². The largest absolute Gasteiger partial charge is 0.362 e. The fraction of sp³-hybridized carbons (Fsp3) is 0.316. The number of rotatable bonds is 6. The second-order valence-corrected chi connectivity index (χ2v) is 6.08. The molecule has 0 saturated heterocycles. The molecule has 22 heavy (non-hydrogen) atoms. The third-order valence-electron chi connectivity index (χ3n) is 3.77. The maximum Gasteiger partial charge on any atom is 0.170 e. The van der Waals surface area contributed by atoms with E-state index < -0.39 is 0 Å². The zero-order valence-corrected chi connectivity index (χ0v) is 14.1. The summed E-state index contributed by atoms with van der Waals surface area (Å²) >= 11 is 5.39. The first-order chi connectivity index (χ1) is 10.7. The Morgan fingerprint density at radius 3 is 2.55 bits per heavy atom. The molecule has 2 aromatic rings. The summed E-state index contributed by atoms with van der Waals surface area (Å²) in [5.41, 5.74) is 3.64. The predicted octanol–water partition coefficient (Wildman–Crippen LogP) is 4.55. The lowest BCUT2D eigenvalue weighted by molar-refractivity contribution is 0.498. The molecule has 0 amide bonds. The first kappa shape index (κ1) is 16.5. The molecule has 0 saturated carbocycles. The van der Waals surface area contributed by atoms with Crippen molar-refractivity contribution >= 4 is 23.0 Å². The van der Waals surface area contributed by atoms with Gasteiger partial charge in [0.25, 0.3) is 0 Å². The van der Waals surface area contributed by atoms with E-state index in [0.29, 0.717) is 11.0 Å². The summed E-state index contributed by atoms with van der Waals surface area (Å²) in [4.78, 5) is 0. The highest BCUT2D eigenvalue weighted by Gasteiger charge is 2.08. The minimum Gasteiger partial charge on any atom is -0.362 e. The second kappa shape index (κ2) is 8.54. The van der Waals surface area contributed by atoms with Crippen molar-refractivity contribution in [3.63, 3.8) is 0 Å². The molecule has 1 atom stereocenters. The quantitative estimate of drug-likeness (QED) is 0.765. The lowest BCUT2D eigenvalue weighted by Gasteiger charge is -2.18. The number of hydrogen-bond donors (Lipinski definition) is 2. The van der Waals surface area contributed by atoms with Gasteiger partial charge in [-0.3, -0.25) is 0 Å². The molecule has 2 N–H and O–H groups in total. The third kappa shape index (κ3) is 5.49. The Kier molecular flexibility index (Phi) is 6.41. The minimum atomic E-state index is 0.583. The van der Waals surface area contributed by atoms with E-state index in [1.165, 1.54) is 11.1 Å². The smallest absolute Gasteiger partial charge is 0.170 e. The Balaban J connectivity index is 1.81. The topological polar surface area (TPSA) is 24.1 Å². The third-order valence-corrected chi connectivity index (χ3v) is 4.02. The van der Waals surface area contributed by atoms with Crippen molar-refractivity contribution in [2.75, 3.05) is 11.9 Å². The molecule has 3 heteroatoms. The summed E-state index contributed by atoms with van der Waals surface area (Å²) in [6.07, 6.45) is 2.21. The highest BCUT2D eigenvalue weighted by molar-refractivity contribution is 7.80. The Bertz CT molecular complexity index is 595. The Morgan fingerprint density at radius 2 is 1.86 bits per heavy atom. The molecule has 0 aromatic heterocycles. The Labute approximate surface area is 139 Å². The summed E-state index contributed by atoms with van der Waals surface area (Å²) in [5, 5.41) is 7.28. The van der Waals surface area contributed by atoms with Crippen molar-refractivity contribution in [1.82, 2.24) is 5.32 Å². The number of aryl methyl sites for hydroxylation is 1. The van der Waals surface area contributed by atoms with Crippen molar-refractivity contribution < 1.29 is 0 Å². The highest BCUT2D eigenvalue weighted by atomic mass is 32.1. The summed E-state index contributed by atoms with van der Waals surface area (Å²) in [6.45, 7) is 5.20. The Hall–Kier alpha value is -1.87. The SMILES string of the molecule is CCC(CNC(=S)Nc1cccc(C)c1)Cc1ccccc1. The molecule has 0 heterocycles. The van der Waals surface area contributed by atoms with E-state index in [4.69, 9.17) is 12.2 Å². The fourth-order valence-corrected chi connectivity index (χ4v) is 2.64. The maximum absolute atomic E-state index is 5.39. The summed E-state index contributed by atoms with van der Waals surface area (Å²) < 4.78 is 0. The van der Waals surface area contributed by atoms with Gasteiger partial charge in [-0.05, 0) is 54.7 Å². The highest BCUT2D eigenvalue weighted by Crippen LogP contribution is 2.12. The first-order valence-corrected chi connectivity index (χ1v) is 8.23. The molecular weight excluding hydrogens is 288 g/mol. The van der Waals surface area contributed by atoms with Gasteiger partial charge in [-0.15, -0.1) is 0 Å². The predicted molar refractivity (Wildman–Crippen MR) is 99.3 cm³/mol. The van der Waals surface area contributed by atoms with E-state index in [2.05, 4.69) is 66.9 Å². The number of anilines is 1. The van der Waals surface area contributed by atoms with Crippen molar-refractivity contribution in [3.8, 4) is 0 Å². The van der Waals surface area contributed by atoms with Crippen LogP contribution in [0.1, 0.15) is 24.5 Å². The van der Waals surface area contributed by atoms with Gasteiger partial charge in [0.15, 0.2) is 5.11 Å². The van der Waals surface area contributed by atoms with Gasteiger partial charge in [0.2, 0.25) is 0 Å². The molecule has 0 fully saturated rings. The zero-order valence-electron chi connectivity index (χ0n) is 13.3. The van der Waals surface area contributed by atoms with Crippen LogP contribution < -0.4 is 10.6 Å². The van der Waals surface area contributed by atoms with Crippen LogP contribution in [0.2, 0.25) is 0 Å². The van der Waals surface area contributed by atoms with Crippen LogP contribution in [0.25, 0.3) is 0 Å². The number of nitrogens with one attached hydrogen (secondary N) is 2. The standard InChI is InChI=1S/C19H24N2S/c1-3-16(13-17-9-5-4-6-10-17)14-20-19(22)21-18-11-7-8-15(2)12-18/h4-12,16H,3,13-14H2,1-2H3,(H2,20,21,22). The molecule has 0 radical (unpaired) electrons. The van der Waals surface area contributed by atoms with Gasteiger partial charge in [-0.25, -0.2) is 0 Å². The van der Waals surface area contributed by atoms with Crippen LogP contribution in [0.4, 0.5) is 5.69 Å². The monoisotopic (exact) mass is 312 g/mol. The van der Waals surface area contributed by atoms with Crippen LogP contribution >= 0.6 is 12.2 Å². The summed E-state index contributed by atoms with van der Waals surface area (Å²) in [7, 11) is 0. The summed E-state index contributed by atoms with van der Waals surface area (Å²) in [6, 6.07) is 18.9. The molecule has 0 bridgehead atoms. The van der Waals surface area contributed by atoms with E-state index >= 15 is 0 Å². The lowest BCUT2D eigenvalue weighted by atomic mass is 9.97. The molecular formula is C19H24N2S. The van der Waals surface area contributed by atoms with Crippen LogP contribution in [-0.4, -0.2) is 11.7 Å². The van der Waals surface area contributed by atoms with Crippen molar-refractivity contribution in [1.29, 1.82) is 0 Å². The Morgan fingerprint density at radius 1 is 1.09 bits per heavy atom. The van der Waals surface area contributed by atoms with Crippen LogP contribution in [0, 0.1) is 12.8 Å². The molecule has 0 aliphatic rings. The van der Waals surface area contributed by atoms with Crippen LogP contribution in [0.15, 0.2) is 54.6 Å².